The molecule has 0 saturated heterocycles. The summed E-state index contributed by atoms with van der Waals surface area (Å²) < 4.78 is 8.10. The highest BCUT2D eigenvalue weighted by Crippen LogP contribution is 2.30. The highest BCUT2D eigenvalue weighted by Gasteiger charge is 2.12. The fraction of sp³-hybridized carbons (Fsp3) is 0.312. The third-order valence-electron chi connectivity index (χ3n) is 3.81. The average molecular weight is 334 g/mol. The molecule has 2 heterocycles. The van der Waals surface area contributed by atoms with Gasteiger partial charge in [-0.25, -0.2) is 0 Å². The first kappa shape index (κ1) is 13.6. The van der Waals surface area contributed by atoms with Crippen LogP contribution in [0.5, 0.6) is 0 Å². The Labute approximate surface area is 126 Å². The Balaban J connectivity index is 2.28. The van der Waals surface area contributed by atoms with E-state index >= 15 is 0 Å². The summed E-state index contributed by atoms with van der Waals surface area (Å²) in [6, 6.07) is 6.17. The van der Waals surface area contributed by atoms with Crippen LogP contribution in [0.25, 0.3) is 16.5 Å². The fourth-order valence-electron chi connectivity index (χ4n) is 2.65. The molecule has 1 aliphatic heterocycles. The van der Waals surface area contributed by atoms with Gasteiger partial charge in [0.15, 0.2) is 0 Å². The molecule has 1 aromatic heterocycles. The van der Waals surface area contributed by atoms with Crippen LogP contribution in [-0.4, -0.2) is 17.8 Å². The van der Waals surface area contributed by atoms with Gasteiger partial charge in [-0.1, -0.05) is 22.0 Å². The number of pyridine rings is 1. The lowest BCUT2D eigenvalue weighted by Gasteiger charge is -2.16. The first-order valence-electron chi connectivity index (χ1n) is 6.65. The van der Waals surface area contributed by atoms with Gasteiger partial charge in [0.05, 0.1) is 18.7 Å². The lowest BCUT2D eigenvalue weighted by molar-refractivity contribution is 0.161. The number of benzene rings is 1. The molecule has 104 valence electrons. The molecule has 3 rings (SSSR count). The molecule has 20 heavy (non-hydrogen) atoms. The van der Waals surface area contributed by atoms with Gasteiger partial charge in [-0.3, -0.25) is 4.79 Å². The van der Waals surface area contributed by atoms with Gasteiger partial charge >= 0.3 is 0 Å². The number of fused-ring (bicyclic) bond motifs is 1. The first-order valence-corrected chi connectivity index (χ1v) is 7.44. The molecule has 0 atom stereocenters. The van der Waals surface area contributed by atoms with Crippen LogP contribution in [0.1, 0.15) is 17.5 Å². The van der Waals surface area contributed by atoms with Gasteiger partial charge in [0, 0.05) is 22.5 Å². The predicted molar refractivity (Wildman–Crippen MR) is 85.0 cm³/mol. The average Bonchev–Trinajstić information content (AvgIpc) is 2.47. The zero-order chi connectivity index (χ0) is 14.3. The van der Waals surface area contributed by atoms with Gasteiger partial charge in [-0.05, 0) is 42.7 Å². The van der Waals surface area contributed by atoms with Crippen molar-refractivity contribution in [3.63, 3.8) is 0 Å². The number of hydrogen-bond acceptors (Lipinski definition) is 2. The molecule has 0 spiro atoms. The quantitative estimate of drug-likeness (QED) is 0.800. The third kappa shape index (κ3) is 2.23. The zero-order valence-corrected chi connectivity index (χ0v) is 13.2. The Hall–Kier alpha value is -1.39. The van der Waals surface area contributed by atoms with Crippen molar-refractivity contribution in [1.29, 1.82) is 0 Å². The van der Waals surface area contributed by atoms with Gasteiger partial charge in [-0.2, -0.15) is 0 Å². The lowest BCUT2D eigenvalue weighted by atomic mass is 9.99. The van der Waals surface area contributed by atoms with E-state index < -0.39 is 0 Å². The molecule has 0 N–H and O–H groups in total. The normalized spacial score (nSPS) is 15.4. The molecule has 0 amide bonds. The van der Waals surface area contributed by atoms with Crippen molar-refractivity contribution in [3.8, 4) is 0 Å². The van der Waals surface area contributed by atoms with E-state index in [0.29, 0.717) is 6.61 Å². The third-order valence-corrected chi connectivity index (χ3v) is 4.46. The number of nitrogens with zero attached hydrogens (tertiary/aromatic N) is 1. The monoisotopic (exact) mass is 333 g/mol. The molecule has 3 nitrogen and oxygen atoms in total. The molecule has 4 heteroatoms. The van der Waals surface area contributed by atoms with Crippen molar-refractivity contribution in [2.75, 3.05) is 13.2 Å². The maximum atomic E-state index is 12.1. The Morgan fingerprint density at radius 1 is 1.30 bits per heavy atom. The van der Waals surface area contributed by atoms with Crippen LogP contribution < -0.4 is 5.56 Å². The number of halogens is 1. The summed E-state index contributed by atoms with van der Waals surface area (Å²) in [5.74, 6) is 0. The highest BCUT2D eigenvalue weighted by molar-refractivity contribution is 9.10. The minimum atomic E-state index is 0.0579. The van der Waals surface area contributed by atoms with Gasteiger partial charge in [-0.15, -0.1) is 0 Å². The number of ether oxygens (including phenoxy) is 1. The Kier molecular flexibility index (Phi) is 3.52. The molecular weight excluding hydrogens is 318 g/mol. The summed E-state index contributed by atoms with van der Waals surface area (Å²) in [4.78, 5) is 12.1. The number of aromatic nitrogens is 1. The smallest absolute Gasteiger partial charge is 0.253 e. The molecule has 0 unspecified atom stereocenters. The van der Waals surface area contributed by atoms with Crippen molar-refractivity contribution in [1.82, 2.24) is 4.57 Å². The first-order chi connectivity index (χ1) is 9.58. The van der Waals surface area contributed by atoms with Crippen LogP contribution in [0.2, 0.25) is 0 Å². The minimum Gasteiger partial charge on any atom is -0.377 e. The molecule has 1 aliphatic rings. The summed E-state index contributed by atoms with van der Waals surface area (Å²) in [7, 11) is 1.83. The predicted octanol–water partition coefficient (Wildman–Crippen LogP) is 3.41. The van der Waals surface area contributed by atoms with E-state index in [1.54, 1.807) is 4.57 Å². The molecule has 1 aromatic carbocycles. The van der Waals surface area contributed by atoms with Crippen molar-refractivity contribution in [2.24, 2.45) is 7.05 Å². The standard InChI is InChI=1S/C16H16BrNO2/c1-10-7-13-14(17)8-12(11-3-5-20-6-4-11)9-15(13)18(2)16(10)19/h3,7-9H,4-6H2,1-2H3. The summed E-state index contributed by atoms with van der Waals surface area (Å²) in [5.41, 5.74) is 4.22. The van der Waals surface area contributed by atoms with E-state index in [1.807, 2.05) is 20.0 Å². The second-order valence-electron chi connectivity index (χ2n) is 5.14. The molecule has 0 saturated carbocycles. The van der Waals surface area contributed by atoms with Gasteiger partial charge < -0.3 is 9.30 Å². The molecule has 0 radical (unpaired) electrons. The van der Waals surface area contributed by atoms with Crippen LogP contribution >= 0.6 is 15.9 Å². The largest absolute Gasteiger partial charge is 0.377 e. The van der Waals surface area contributed by atoms with Crippen LogP contribution in [-0.2, 0) is 11.8 Å². The van der Waals surface area contributed by atoms with E-state index in [-0.39, 0.29) is 5.56 Å². The second kappa shape index (κ2) is 5.19. The summed E-state index contributed by atoms with van der Waals surface area (Å²) >= 11 is 3.63. The molecule has 0 aliphatic carbocycles. The molecule has 2 aromatic rings. The van der Waals surface area contributed by atoms with E-state index in [2.05, 4.69) is 34.1 Å². The van der Waals surface area contributed by atoms with Crippen LogP contribution in [0.4, 0.5) is 0 Å². The molecule has 0 fully saturated rings. The fourth-order valence-corrected chi connectivity index (χ4v) is 3.21. The molecular formula is C16H16BrNO2. The second-order valence-corrected chi connectivity index (χ2v) is 5.99. The summed E-state index contributed by atoms with van der Waals surface area (Å²) in [6.07, 6.45) is 3.03. The minimum absolute atomic E-state index is 0.0579. The zero-order valence-electron chi connectivity index (χ0n) is 11.6. The summed E-state index contributed by atoms with van der Waals surface area (Å²) in [6.45, 7) is 3.27. The SMILES string of the molecule is Cc1cc2c(Br)cc(C3=CCOCC3)cc2n(C)c1=O. The van der Waals surface area contributed by atoms with Crippen molar-refractivity contribution in [2.45, 2.75) is 13.3 Å². The maximum Gasteiger partial charge on any atom is 0.253 e. The van der Waals surface area contributed by atoms with Gasteiger partial charge in [0.25, 0.3) is 5.56 Å². The van der Waals surface area contributed by atoms with Crippen molar-refractivity contribution < 1.29 is 4.74 Å². The van der Waals surface area contributed by atoms with Crippen LogP contribution in [0, 0.1) is 6.92 Å². The van der Waals surface area contributed by atoms with Gasteiger partial charge in [0.2, 0.25) is 0 Å². The highest BCUT2D eigenvalue weighted by atomic mass is 79.9. The molecule has 0 bridgehead atoms. The van der Waals surface area contributed by atoms with E-state index in [9.17, 15) is 4.79 Å². The Morgan fingerprint density at radius 2 is 2.10 bits per heavy atom. The Bertz CT molecular complexity index is 774. The summed E-state index contributed by atoms with van der Waals surface area (Å²) in [5, 5.41) is 1.07. The topological polar surface area (TPSA) is 31.2 Å². The van der Waals surface area contributed by atoms with E-state index in [4.69, 9.17) is 4.74 Å². The van der Waals surface area contributed by atoms with E-state index in [1.165, 1.54) is 5.57 Å². The lowest BCUT2D eigenvalue weighted by Crippen LogP contribution is -2.19. The maximum absolute atomic E-state index is 12.1. The Morgan fingerprint density at radius 3 is 2.80 bits per heavy atom. The van der Waals surface area contributed by atoms with E-state index in [0.717, 1.165) is 39.5 Å². The van der Waals surface area contributed by atoms with Crippen molar-refractivity contribution >= 4 is 32.4 Å². The van der Waals surface area contributed by atoms with Gasteiger partial charge in [0.1, 0.15) is 0 Å². The van der Waals surface area contributed by atoms with Crippen LogP contribution in [0.15, 0.2) is 33.5 Å². The number of hydrogen-bond donors (Lipinski definition) is 0. The van der Waals surface area contributed by atoms with Crippen LogP contribution in [0.3, 0.4) is 0 Å². The number of rotatable bonds is 1. The number of aryl methyl sites for hydroxylation is 2. The van der Waals surface area contributed by atoms with Crippen molar-refractivity contribution in [3.05, 3.63) is 50.2 Å².